The lowest BCUT2D eigenvalue weighted by Gasteiger charge is -2.05. The highest BCUT2D eigenvalue weighted by Gasteiger charge is 2.23. The molecule has 19 heavy (non-hydrogen) atoms. The third kappa shape index (κ3) is 2.15. The monoisotopic (exact) mass is 261 g/mol. The fourth-order valence-corrected chi connectivity index (χ4v) is 2.13. The van der Waals surface area contributed by atoms with Crippen molar-refractivity contribution in [2.45, 2.75) is 25.4 Å². The minimum absolute atomic E-state index is 0.0325. The summed E-state index contributed by atoms with van der Waals surface area (Å²) in [7, 11) is 1.52. The zero-order valence-electron chi connectivity index (χ0n) is 10.6. The average molecular weight is 261 g/mol. The van der Waals surface area contributed by atoms with Crippen LogP contribution in [0.15, 0.2) is 18.3 Å². The number of carboxylic acid groups (broad SMARTS) is 1. The topological polar surface area (TPSA) is 75.9 Å². The number of hydrogen-bond donors (Lipinski definition) is 2. The van der Waals surface area contributed by atoms with Crippen molar-refractivity contribution in [3.63, 3.8) is 0 Å². The minimum Gasteiger partial charge on any atom is -0.494 e. The van der Waals surface area contributed by atoms with Crippen LogP contribution in [0.25, 0.3) is 5.52 Å². The SMILES string of the molecule is COc1cccn2c(CNC3CC3)nc(C(=O)O)c12. The van der Waals surface area contributed by atoms with E-state index in [-0.39, 0.29) is 5.69 Å². The molecule has 2 aromatic heterocycles. The van der Waals surface area contributed by atoms with Crippen molar-refractivity contribution in [3.05, 3.63) is 29.8 Å². The summed E-state index contributed by atoms with van der Waals surface area (Å²) in [6, 6.07) is 4.10. The van der Waals surface area contributed by atoms with Gasteiger partial charge < -0.3 is 15.2 Å². The number of nitrogens with zero attached hydrogens (tertiary/aromatic N) is 2. The zero-order chi connectivity index (χ0) is 13.4. The van der Waals surface area contributed by atoms with Crippen LogP contribution in [0.1, 0.15) is 29.2 Å². The molecule has 3 rings (SSSR count). The van der Waals surface area contributed by atoms with Gasteiger partial charge in [-0.15, -0.1) is 0 Å². The third-order valence-electron chi connectivity index (χ3n) is 3.25. The molecule has 1 saturated carbocycles. The molecule has 2 N–H and O–H groups in total. The number of aromatic carboxylic acids is 1. The number of rotatable bonds is 5. The first kappa shape index (κ1) is 12.0. The third-order valence-corrected chi connectivity index (χ3v) is 3.25. The largest absolute Gasteiger partial charge is 0.494 e. The molecule has 2 aromatic rings. The van der Waals surface area contributed by atoms with Crippen LogP contribution >= 0.6 is 0 Å². The second-order valence-electron chi connectivity index (χ2n) is 4.63. The fraction of sp³-hybridized carbons (Fsp3) is 0.385. The number of imidazole rings is 1. The molecule has 0 aromatic carbocycles. The van der Waals surface area contributed by atoms with E-state index in [4.69, 9.17) is 4.74 Å². The number of nitrogens with one attached hydrogen (secondary N) is 1. The van der Waals surface area contributed by atoms with Crippen LogP contribution in [0.3, 0.4) is 0 Å². The lowest BCUT2D eigenvalue weighted by Crippen LogP contribution is -2.17. The molecule has 100 valence electrons. The summed E-state index contributed by atoms with van der Waals surface area (Å²) in [5, 5.41) is 12.6. The Morgan fingerprint density at radius 2 is 2.42 bits per heavy atom. The highest BCUT2D eigenvalue weighted by molar-refractivity contribution is 5.95. The molecule has 0 saturated heterocycles. The van der Waals surface area contributed by atoms with E-state index in [1.165, 1.54) is 20.0 Å². The Kier molecular flexibility index (Phi) is 2.87. The summed E-state index contributed by atoms with van der Waals surface area (Å²) < 4.78 is 7.00. The smallest absolute Gasteiger partial charge is 0.356 e. The molecule has 0 radical (unpaired) electrons. The predicted molar refractivity (Wildman–Crippen MR) is 68.6 cm³/mol. The maximum atomic E-state index is 11.3. The number of fused-ring (bicyclic) bond motifs is 1. The highest BCUT2D eigenvalue weighted by Crippen LogP contribution is 2.25. The Balaban J connectivity index is 2.08. The molecular formula is C13H15N3O3. The maximum Gasteiger partial charge on any atom is 0.356 e. The van der Waals surface area contributed by atoms with Crippen LogP contribution in [-0.2, 0) is 6.54 Å². The number of hydrogen-bond acceptors (Lipinski definition) is 4. The summed E-state index contributed by atoms with van der Waals surface area (Å²) in [5.41, 5.74) is 0.537. The second-order valence-corrected chi connectivity index (χ2v) is 4.63. The van der Waals surface area contributed by atoms with Crippen molar-refractivity contribution >= 4 is 11.5 Å². The molecule has 2 heterocycles. The summed E-state index contributed by atoms with van der Waals surface area (Å²) in [4.78, 5) is 15.5. The van der Waals surface area contributed by atoms with Gasteiger partial charge in [0.05, 0.1) is 13.7 Å². The Hall–Kier alpha value is -2.08. The van der Waals surface area contributed by atoms with Crippen molar-refractivity contribution in [2.75, 3.05) is 7.11 Å². The number of methoxy groups -OCH3 is 1. The van der Waals surface area contributed by atoms with Crippen LogP contribution in [0, 0.1) is 0 Å². The number of carboxylic acids is 1. The van der Waals surface area contributed by atoms with Gasteiger partial charge in [-0.1, -0.05) is 0 Å². The van der Waals surface area contributed by atoms with Gasteiger partial charge in [0.15, 0.2) is 5.69 Å². The average Bonchev–Trinajstić information content (AvgIpc) is 3.16. The van der Waals surface area contributed by atoms with Gasteiger partial charge in [-0.2, -0.15) is 0 Å². The molecule has 1 fully saturated rings. The van der Waals surface area contributed by atoms with Crippen LogP contribution in [0.2, 0.25) is 0 Å². The quantitative estimate of drug-likeness (QED) is 0.848. The van der Waals surface area contributed by atoms with Crippen molar-refractivity contribution in [2.24, 2.45) is 0 Å². The molecular weight excluding hydrogens is 246 g/mol. The van der Waals surface area contributed by atoms with Gasteiger partial charge in [-0.25, -0.2) is 9.78 Å². The molecule has 6 nitrogen and oxygen atoms in total. The van der Waals surface area contributed by atoms with E-state index < -0.39 is 5.97 Å². The van der Waals surface area contributed by atoms with E-state index in [0.29, 0.717) is 29.7 Å². The predicted octanol–water partition coefficient (Wildman–Crippen LogP) is 1.29. The second kappa shape index (κ2) is 4.55. The molecule has 0 aliphatic heterocycles. The molecule has 0 unspecified atom stereocenters. The summed E-state index contributed by atoms with van der Waals surface area (Å²) in [5.74, 6) is 0.169. The van der Waals surface area contributed by atoms with Crippen molar-refractivity contribution < 1.29 is 14.6 Å². The summed E-state index contributed by atoms with van der Waals surface area (Å²) >= 11 is 0. The minimum atomic E-state index is -1.04. The van der Waals surface area contributed by atoms with Gasteiger partial charge in [0.25, 0.3) is 0 Å². The Bertz CT molecular complexity index is 631. The Morgan fingerprint density at radius 3 is 3.05 bits per heavy atom. The Morgan fingerprint density at radius 1 is 1.63 bits per heavy atom. The molecule has 0 bridgehead atoms. The van der Waals surface area contributed by atoms with E-state index >= 15 is 0 Å². The van der Waals surface area contributed by atoms with Gasteiger partial charge in [-0.05, 0) is 25.0 Å². The van der Waals surface area contributed by atoms with Gasteiger partial charge in [0, 0.05) is 12.2 Å². The first-order valence-electron chi connectivity index (χ1n) is 6.21. The summed E-state index contributed by atoms with van der Waals surface area (Å²) in [6.45, 7) is 0.562. The van der Waals surface area contributed by atoms with Gasteiger partial charge in [-0.3, -0.25) is 4.40 Å². The zero-order valence-corrected chi connectivity index (χ0v) is 10.6. The van der Waals surface area contributed by atoms with Crippen molar-refractivity contribution in [1.82, 2.24) is 14.7 Å². The van der Waals surface area contributed by atoms with Crippen LogP contribution < -0.4 is 10.1 Å². The van der Waals surface area contributed by atoms with E-state index in [1.54, 1.807) is 16.7 Å². The molecule has 6 heteroatoms. The number of ether oxygens (including phenoxy) is 1. The van der Waals surface area contributed by atoms with E-state index in [2.05, 4.69) is 10.3 Å². The van der Waals surface area contributed by atoms with E-state index in [0.717, 1.165) is 0 Å². The number of aromatic nitrogens is 2. The van der Waals surface area contributed by atoms with E-state index in [9.17, 15) is 9.90 Å². The number of carbonyl (C=O) groups is 1. The van der Waals surface area contributed by atoms with Crippen LogP contribution in [0.5, 0.6) is 5.75 Å². The standard InChI is InChI=1S/C13H15N3O3/c1-19-9-3-2-6-16-10(7-14-8-4-5-8)15-11(12(9)16)13(17)18/h2-3,6,8,14H,4-5,7H2,1H3,(H,17,18). The first-order valence-corrected chi connectivity index (χ1v) is 6.21. The lowest BCUT2D eigenvalue weighted by molar-refractivity contribution is 0.0693. The van der Waals surface area contributed by atoms with Gasteiger partial charge in [0.2, 0.25) is 0 Å². The normalized spacial score (nSPS) is 14.8. The molecule has 0 amide bonds. The molecule has 1 aliphatic rings. The van der Waals surface area contributed by atoms with Gasteiger partial charge in [0.1, 0.15) is 17.1 Å². The summed E-state index contributed by atoms with van der Waals surface area (Å²) in [6.07, 6.45) is 4.16. The van der Waals surface area contributed by atoms with Gasteiger partial charge >= 0.3 is 5.97 Å². The highest BCUT2D eigenvalue weighted by atomic mass is 16.5. The molecule has 0 atom stereocenters. The van der Waals surface area contributed by atoms with Crippen molar-refractivity contribution in [3.8, 4) is 5.75 Å². The van der Waals surface area contributed by atoms with Crippen molar-refractivity contribution in [1.29, 1.82) is 0 Å². The maximum absolute atomic E-state index is 11.3. The molecule has 0 spiro atoms. The number of pyridine rings is 1. The molecule has 1 aliphatic carbocycles. The van der Waals surface area contributed by atoms with E-state index in [1.807, 2.05) is 6.07 Å². The lowest BCUT2D eigenvalue weighted by atomic mass is 10.3. The van der Waals surface area contributed by atoms with Crippen LogP contribution in [0.4, 0.5) is 0 Å². The first-order chi connectivity index (χ1) is 9.20. The fourth-order valence-electron chi connectivity index (χ4n) is 2.13. The Labute approximate surface area is 110 Å². The van der Waals surface area contributed by atoms with Crippen LogP contribution in [-0.4, -0.2) is 33.6 Å².